The van der Waals surface area contributed by atoms with Gasteiger partial charge in [-0.3, -0.25) is 4.79 Å². The van der Waals surface area contributed by atoms with Crippen molar-refractivity contribution in [2.24, 2.45) is 5.92 Å². The smallest absolute Gasteiger partial charge is 0.426 e. The highest BCUT2D eigenvalue weighted by Gasteiger charge is 2.52. The summed E-state index contributed by atoms with van der Waals surface area (Å²) in [5.41, 5.74) is 0.319. The van der Waals surface area contributed by atoms with Crippen molar-refractivity contribution in [3.63, 3.8) is 0 Å². The van der Waals surface area contributed by atoms with Gasteiger partial charge in [0.2, 0.25) is 6.10 Å². The molecule has 3 rings (SSSR count). The van der Waals surface area contributed by atoms with Crippen LogP contribution in [0.1, 0.15) is 5.56 Å². The van der Waals surface area contributed by atoms with Gasteiger partial charge in [-0.25, -0.2) is 0 Å². The predicted octanol–water partition coefficient (Wildman–Crippen LogP) is 4.71. The standard InChI is InChI=1S/C18H14ClF3O5/c1-25-15-5-3-11(8-13(15)19)26-10-2-4-14-9(6-10)7-12(17(23)24)16(27-14)18(20,21)22/h2-6,8,12,16H,7H2,1H3,(H,23,24). The number of hydrogen-bond donors (Lipinski definition) is 1. The number of benzene rings is 2. The lowest BCUT2D eigenvalue weighted by molar-refractivity contribution is -0.217. The number of aliphatic carboxylic acids is 1. The normalized spacial score (nSPS) is 19.0. The second-order valence-corrected chi connectivity index (χ2v) is 6.30. The van der Waals surface area contributed by atoms with E-state index in [0.717, 1.165) is 0 Å². The number of carboxylic acid groups (broad SMARTS) is 1. The molecule has 1 N–H and O–H groups in total. The minimum atomic E-state index is -4.78. The average molecular weight is 403 g/mol. The first-order valence-electron chi connectivity index (χ1n) is 7.79. The first-order chi connectivity index (χ1) is 12.7. The molecule has 0 fully saturated rings. The van der Waals surface area contributed by atoms with E-state index in [0.29, 0.717) is 27.8 Å². The maximum absolute atomic E-state index is 13.1. The summed E-state index contributed by atoms with van der Waals surface area (Å²) in [5, 5.41) is 9.47. The van der Waals surface area contributed by atoms with Crippen LogP contribution in [0.25, 0.3) is 0 Å². The molecule has 2 unspecified atom stereocenters. The molecule has 27 heavy (non-hydrogen) atoms. The number of alkyl halides is 3. The van der Waals surface area contributed by atoms with Crippen molar-refractivity contribution in [2.45, 2.75) is 18.7 Å². The van der Waals surface area contributed by atoms with E-state index in [-0.39, 0.29) is 12.2 Å². The molecule has 0 aromatic heterocycles. The summed E-state index contributed by atoms with van der Waals surface area (Å²) >= 11 is 6.03. The summed E-state index contributed by atoms with van der Waals surface area (Å²) in [4.78, 5) is 11.3. The van der Waals surface area contributed by atoms with E-state index >= 15 is 0 Å². The molecule has 1 heterocycles. The monoisotopic (exact) mass is 402 g/mol. The van der Waals surface area contributed by atoms with Gasteiger partial charge in [-0.2, -0.15) is 13.2 Å². The molecule has 9 heteroatoms. The Morgan fingerprint density at radius 3 is 2.48 bits per heavy atom. The molecule has 0 aliphatic carbocycles. The van der Waals surface area contributed by atoms with E-state index in [2.05, 4.69) is 0 Å². The number of rotatable bonds is 4. The number of carboxylic acids is 1. The number of ether oxygens (including phenoxy) is 3. The molecule has 1 aliphatic heterocycles. The van der Waals surface area contributed by atoms with Crippen molar-refractivity contribution < 1.29 is 37.3 Å². The zero-order valence-electron chi connectivity index (χ0n) is 13.9. The van der Waals surface area contributed by atoms with E-state index in [1.165, 1.54) is 31.4 Å². The number of hydrogen-bond acceptors (Lipinski definition) is 4. The maximum Gasteiger partial charge on any atom is 0.426 e. The quantitative estimate of drug-likeness (QED) is 0.802. The second kappa shape index (κ2) is 7.19. The molecule has 0 saturated carbocycles. The highest BCUT2D eigenvalue weighted by atomic mass is 35.5. The maximum atomic E-state index is 13.1. The zero-order chi connectivity index (χ0) is 19.8. The van der Waals surface area contributed by atoms with E-state index in [9.17, 15) is 18.0 Å². The van der Waals surface area contributed by atoms with Crippen LogP contribution < -0.4 is 14.2 Å². The largest absolute Gasteiger partial charge is 0.495 e. The van der Waals surface area contributed by atoms with Crippen LogP contribution in [0.3, 0.4) is 0 Å². The van der Waals surface area contributed by atoms with Gasteiger partial charge in [0.25, 0.3) is 0 Å². The van der Waals surface area contributed by atoms with Crippen LogP contribution in [-0.2, 0) is 11.2 Å². The van der Waals surface area contributed by atoms with E-state index in [1.807, 2.05) is 0 Å². The Labute approximate surface area is 157 Å². The van der Waals surface area contributed by atoms with Gasteiger partial charge in [0.15, 0.2) is 0 Å². The average Bonchev–Trinajstić information content (AvgIpc) is 2.60. The molecule has 0 radical (unpaired) electrons. The minimum Gasteiger partial charge on any atom is -0.495 e. The van der Waals surface area contributed by atoms with Crippen molar-refractivity contribution in [3.05, 3.63) is 47.0 Å². The predicted molar refractivity (Wildman–Crippen MR) is 89.8 cm³/mol. The van der Waals surface area contributed by atoms with Crippen molar-refractivity contribution in [1.82, 2.24) is 0 Å². The summed E-state index contributed by atoms with van der Waals surface area (Å²) in [6.07, 6.45) is -7.50. The fourth-order valence-electron chi connectivity index (χ4n) is 2.82. The van der Waals surface area contributed by atoms with Crippen LogP contribution in [0, 0.1) is 5.92 Å². The molecule has 144 valence electrons. The van der Waals surface area contributed by atoms with Crippen LogP contribution in [0.15, 0.2) is 36.4 Å². The molecule has 2 atom stereocenters. The molecular formula is C18H14ClF3O5. The number of halogens is 4. The van der Waals surface area contributed by atoms with E-state index in [4.69, 9.17) is 30.9 Å². The van der Waals surface area contributed by atoms with Crippen molar-refractivity contribution in [1.29, 1.82) is 0 Å². The summed E-state index contributed by atoms with van der Waals surface area (Å²) in [6.45, 7) is 0. The third-order valence-corrected chi connectivity index (χ3v) is 4.39. The first-order valence-corrected chi connectivity index (χ1v) is 8.17. The Balaban J connectivity index is 1.86. The number of methoxy groups -OCH3 is 1. The SMILES string of the molecule is COc1ccc(Oc2ccc3c(c2)CC(C(=O)O)C(C(F)(F)F)O3)cc1Cl. The van der Waals surface area contributed by atoms with Gasteiger partial charge in [-0.05, 0) is 42.3 Å². The summed E-state index contributed by atoms with van der Waals surface area (Å²) in [5.74, 6) is -2.16. The van der Waals surface area contributed by atoms with E-state index in [1.54, 1.807) is 12.1 Å². The van der Waals surface area contributed by atoms with Crippen molar-refractivity contribution in [2.75, 3.05) is 7.11 Å². The fraction of sp³-hybridized carbons (Fsp3) is 0.278. The third-order valence-electron chi connectivity index (χ3n) is 4.09. The lowest BCUT2D eigenvalue weighted by atomic mass is 9.90. The molecule has 2 aromatic rings. The van der Waals surface area contributed by atoms with Gasteiger partial charge in [0.05, 0.1) is 12.1 Å². The zero-order valence-corrected chi connectivity index (χ0v) is 14.7. The van der Waals surface area contributed by atoms with Gasteiger partial charge in [-0.15, -0.1) is 0 Å². The van der Waals surface area contributed by atoms with Gasteiger partial charge in [0.1, 0.15) is 28.9 Å². The molecular weight excluding hydrogens is 389 g/mol. The second-order valence-electron chi connectivity index (χ2n) is 5.90. The summed E-state index contributed by atoms with van der Waals surface area (Å²) in [7, 11) is 1.47. The van der Waals surface area contributed by atoms with Crippen LogP contribution in [0.5, 0.6) is 23.0 Å². The van der Waals surface area contributed by atoms with Crippen LogP contribution in [-0.4, -0.2) is 30.5 Å². The fourth-order valence-corrected chi connectivity index (χ4v) is 3.06. The minimum absolute atomic E-state index is 0.0186. The number of fused-ring (bicyclic) bond motifs is 1. The van der Waals surface area contributed by atoms with Gasteiger partial charge in [-0.1, -0.05) is 11.6 Å². The van der Waals surface area contributed by atoms with E-state index < -0.39 is 24.2 Å². The molecule has 2 aromatic carbocycles. The Morgan fingerprint density at radius 2 is 1.89 bits per heavy atom. The Bertz CT molecular complexity index is 869. The highest BCUT2D eigenvalue weighted by molar-refractivity contribution is 6.32. The lowest BCUT2D eigenvalue weighted by Crippen LogP contribution is -2.47. The lowest BCUT2D eigenvalue weighted by Gasteiger charge is -2.32. The Morgan fingerprint density at radius 1 is 1.22 bits per heavy atom. The Kier molecular flexibility index (Phi) is 5.10. The van der Waals surface area contributed by atoms with Crippen molar-refractivity contribution in [3.8, 4) is 23.0 Å². The highest BCUT2D eigenvalue weighted by Crippen LogP contribution is 2.40. The number of carbonyl (C=O) groups is 1. The molecule has 0 bridgehead atoms. The first kappa shape index (κ1) is 19.2. The molecule has 0 spiro atoms. The van der Waals surface area contributed by atoms with Crippen molar-refractivity contribution >= 4 is 17.6 Å². The Hall–Kier alpha value is -2.61. The third kappa shape index (κ3) is 4.05. The summed E-state index contributed by atoms with van der Waals surface area (Å²) in [6, 6.07) is 8.96. The van der Waals surface area contributed by atoms with Crippen LogP contribution in [0.2, 0.25) is 5.02 Å². The molecule has 1 aliphatic rings. The van der Waals surface area contributed by atoms with Gasteiger partial charge >= 0.3 is 12.1 Å². The summed E-state index contributed by atoms with van der Waals surface area (Å²) < 4.78 is 54.8. The van der Waals surface area contributed by atoms with Gasteiger partial charge < -0.3 is 19.3 Å². The molecule has 0 amide bonds. The molecule has 5 nitrogen and oxygen atoms in total. The molecule has 0 saturated heterocycles. The topological polar surface area (TPSA) is 65.0 Å². The van der Waals surface area contributed by atoms with Crippen LogP contribution >= 0.6 is 11.6 Å². The van der Waals surface area contributed by atoms with Crippen LogP contribution in [0.4, 0.5) is 13.2 Å². The van der Waals surface area contributed by atoms with Gasteiger partial charge in [0, 0.05) is 6.07 Å².